The van der Waals surface area contributed by atoms with Crippen LogP contribution in [-0.4, -0.2) is 4.98 Å². The number of nitrogens with zero attached hydrogens (tertiary/aromatic N) is 1. The summed E-state index contributed by atoms with van der Waals surface area (Å²) in [6.07, 6.45) is 4.16. The molecular formula is C14H11F2N. The van der Waals surface area contributed by atoms with Gasteiger partial charge in [0.25, 0.3) is 0 Å². The summed E-state index contributed by atoms with van der Waals surface area (Å²) in [5.41, 5.74) is 1.80. The van der Waals surface area contributed by atoms with E-state index in [0.29, 0.717) is 11.3 Å². The lowest BCUT2D eigenvalue weighted by molar-refractivity contribution is 0.585. The average Bonchev–Trinajstić information content (AvgIpc) is 2.31. The van der Waals surface area contributed by atoms with Gasteiger partial charge in [0.2, 0.25) is 0 Å². The Balaban J connectivity index is 2.36. The molecule has 0 saturated carbocycles. The van der Waals surface area contributed by atoms with Crippen molar-refractivity contribution in [3.05, 3.63) is 66.4 Å². The van der Waals surface area contributed by atoms with Crippen LogP contribution in [0.25, 0.3) is 11.3 Å². The van der Waals surface area contributed by atoms with E-state index in [4.69, 9.17) is 0 Å². The highest BCUT2D eigenvalue weighted by Gasteiger charge is 2.07. The number of hydrogen-bond donors (Lipinski definition) is 0. The first kappa shape index (κ1) is 11.5. The van der Waals surface area contributed by atoms with Crippen LogP contribution in [0.4, 0.5) is 8.78 Å². The normalized spacial score (nSPS) is 10.2. The van der Waals surface area contributed by atoms with E-state index < -0.39 is 11.6 Å². The first-order valence-electron chi connectivity index (χ1n) is 5.22. The minimum atomic E-state index is -0.603. The van der Waals surface area contributed by atoms with Gasteiger partial charge in [-0.25, -0.2) is 8.78 Å². The maximum atomic E-state index is 13.5. The maximum Gasteiger partial charge on any atom is 0.135 e. The Labute approximate surface area is 98.4 Å². The van der Waals surface area contributed by atoms with Crippen molar-refractivity contribution < 1.29 is 8.78 Å². The molecular weight excluding hydrogens is 220 g/mol. The Morgan fingerprint density at radius 1 is 1.18 bits per heavy atom. The standard InChI is InChI=1S/C14H11F2N/c1-2-3-10-4-7-14(17-9-10)12-6-5-11(15)8-13(12)16/h2,4-9H,1,3H2. The fraction of sp³-hybridized carbons (Fsp3) is 0.0714. The lowest BCUT2D eigenvalue weighted by Gasteiger charge is -2.03. The second-order valence-corrected chi connectivity index (χ2v) is 3.67. The molecule has 0 aliphatic carbocycles. The zero-order valence-electron chi connectivity index (χ0n) is 9.16. The quantitative estimate of drug-likeness (QED) is 0.733. The van der Waals surface area contributed by atoms with E-state index in [2.05, 4.69) is 11.6 Å². The van der Waals surface area contributed by atoms with E-state index in [-0.39, 0.29) is 0 Å². The molecule has 0 aliphatic rings. The molecule has 2 aromatic rings. The predicted molar refractivity (Wildman–Crippen MR) is 63.5 cm³/mol. The summed E-state index contributed by atoms with van der Waals surface area (Å²) in [6.45, 7) is 3.63. The number of halogens is 2. The Morgan fingerprint density at radius 3 is 2.59 bits per heavy atom. The number of pyridine rings is 1. The lowest BCUT2D eigenvalue weighted by Crippen LogP contribution is -1.90. The molecule has 86 valence electrons. The monoisotopic (exact) mass is 231 g/mol. The minimum Gasteiger partial charge on any atom is -0.256 e. The zero-order chi connectivity index (χ0) is 12.3. The van der Waals surface area contributed by atoms with Crippen molar-refractivity contribution >= 4 is 0 Å². The molecule has 0 aliphatic heterocycles. The van der Waals surface area contributed by atoms with Gasteiger partial charge in [0.1, 0.15) is 11.6 Å². The first-order valence-corrected chi connectivity index (χ1v) is 5.22. The third-order valence-corrected chi connectivity index (χ3v) is 2.41. The molecule has 0 saturated heterocycles. The molecule has 0 unspecified atom stereocenters. The van der Waals surface area contributed by atoms with Gasteiger partial charge in [-0.1, -0.05) is 12.1 Å². The van der Waals surface area contributed by atoms with E-state index in [9.17, 15) is 8.78 Å². The van der Waals surface area contributed by atoms with Crippen molar-refractivity contribution in [1.82, 2.24) is 4.98 Å². The van der Waals surface area contributed by atoms with Gasteiger partial charge in [-0.2, -0.15) is 0 Å². The van der Waals surface area contributed by atoms with E-state index in [1.54, 1.807) is 18.3 Å². The van der Waals surface area contributed by atoms with Crippen LogP contribution in [-0.2, 0) is 6.42 Å². The molecule has 0 spiro atoms. The second kappa shape index (κ2) is 4.87. The van der Waals surface area contributed by atoms with Gasteiger partial charge in [0.05, 0.1) is 5.69 Å². The van der Waals surface area contributed by atoms with E-state index in [1.807, 2.05) is 6.07 Å². The van der Waals surface area contributed by atoms with Crippen LogP contribution in [0.5, 0.6) is 0 Å². The summed E-state index contributed by atoms with van der Waals surface area (Å²) in [4.78, 5) is 4.15. The van der Waals surface area contributed by atoms with Crippen LogP contribution < -0.4 is 0 Å². The summed E-state index contributed by atoms with van der Waals surface area (Å²) in [5.74, 6) is -1.19. The third kappa shape index (κ3) is 2.56. The van der Waals surface area contributed by atoms with Gasteiger partial charge >= 0.3 is 0 Å². The Kier molecular flexibility index (Phi) is 3.28. The molecule has 1 nitrogen and oxygen atoms in total. The molecule has 1 heterocycles. The van der Waals surface area contributed by atoms with Crippen LogP contribution in [0, 0.1) is 11.6 Å². The number of aromatic nitrogens is 1. The Hall–Kier alpha value is -2.03. The molecule has 17 heavy (non-hydrogen) atoms. The van der Waals surface area contributed by atoms with Crippen LogP contribution >= 0.6 is 0 Å². The summed E-state index contributed by atoms with van der Waals surface area (Å²) in [7, 11) is 0. The SMILES string of the molecule is C=CCc1ccc(-c2ccc(F)cc2F)nc1. The molecule has 0 fully saturated rings. The summed E-state index contributed by atoms with van der Waals surface area (Å²) in [6, 6.07) is 7.04. The van der Waals surface area contributed by atoms with Crippen molar-refractivity contribution in [3.8, 4) is 11.3 Å². The third-order valence-electron chi connectivity index (χ3n) is 2.41. The van der Waals surface area contributed by atoms with Gasteiger partial charge in [0, 0.05) is 17.8 Å². The van der Waals surface area contributed by atoms with Crippen molar-refractivity contribution in [3.63, 3.8) is 0 Å². The molecule has 3 heteroatoms. The van der Waals surface area contributed by atoms with Gasteiger partial charge in [-0.05, 0) is 30.2 Å². The predicted octanol–water partition coefficient (Wildman–Crippen LogP) is 3.76. The van der Waals surface area contributed by atoms with Crippen LogP contribution in [0.3, 0.4) is 0 Å². The van der Waals surface area contributed by atoms with Crippen LogP contribution in [0.1, 0.15) is 5.56 Å². The molecule has 1 aromatic carbocycles. The van der Waals surface area contributed by atoms with Crippen molar-refractivity contribution in [2.75, 3.05) is 0 Å². The first-order chi connectivity index (χ1) is 8.20. The highest BCUT2D eigenvalue weighted by atomic mass is 19.1. The van der Waals surface area contributed by atoms with Crippen molar-refractivity contribution in [1.29, 1.82) is 0 Å². The zero-order valence-corrected chi connectivity index (χ0v) is 9.16. The van der Waals surface area contributed by atoms with Crippen LogP contribution in [0.15, 0.2) is 49.2 Å². The fourth-order valence-corrected chi connectivity index (χ4v) is 1.57. The van der Waals surface area contributed by atoms with Gasteiger partial charge in [0.15, 0.2) is 0 Å². The molecule has 0 radical (unpaired) electrons. The van der Waals surface area contributed by atoms with E-state index >= 15 is 0 Å². The van der Waals surface area contributed by atoms with Crippen LogP contribution in [0.2, 0.25) is 0 Å². The number of rotatable bonds is 3. The summed E-state index contributed by atoms with van der Waals surface area (Å²) < 4.78 is 26.2. The molecule has 0 atom stereocenters. The van der Waals surface area contributed by atoms with E-state index in [0.717, 1.165) is 18.1 Å². The molecule has 0 bridgehead atoms. The smallest absolute Gasteiger partial charge is 0.135 e. The molecule has 0 amide bonds. The highest BCUT2D eigenvalue weighted by Crippen LogP contribution is 2.21. The summed E-state index contributed by atoms with van der Waals surface area (Å²) >= 11 is 0. The van der Waals surface area contributed by atoms with Crippen molar-refractivity contribution in [2.45, 2.75) is 6.42 Å². The minimum absolute atomic E-state index is 0.302. The number of hydrogen-bond acceptors (Lipinski definition) is 1. The fourth-order valence-electron chi connectivity index (χ4n) is 1.57. The van der Waals surface area contributed by atoms with Crippen molar-refractivity contribution in [2.24, 2.45) is 0 Å². The largest absolute Gasteiger partial charge is 0.256 e. The highest BCUT2D eigenvalue weighted by molar-refractivity contribution is 5.59. The van der Waals surface area contributed by atoms with Gasteiger partial charge < -0.3 is 0 Å². The second-order valence-electron chi connectivity index (χ2n) is 3.67. The molecule has 0 N–H and O–H groups in total. The Morgan fingerprint density at radius 2 is 2.00 bits per heavy atom. The lowest BCUT2D eigenvalue weighted by atomic mass is 10.1. The summed E-state index contributed by atoms with van der Waals surface area (Å²) in [5, 5.41) is 0. The van der Waals surface area contributed by atoms with Gasteiger partial charge in [-0.3, -0.25) is 4.98 Å². The topological polar surface area (TPSA) is 12.9 Å². The average molecular weight is 231 g/mol. The maximum absolute atomic E-state index is 13.5. The van der Waals surface area contributed by atoms with E-state index in [1.165, 1.54) is 12.1 Å². The molecule has 1 aromatic heterocycles. The van der Waals surface area contributed by atoms with Gasteiger partial charge in [-0.15, -0.1) is 6.58 Å². The Bertz CT molecular complexity index is 532. The molecule has 2 rings (SSSR count). The number of allylic oxidation sites excluding steroid dienone is 1. The number of benzene rings is 1.